The Kier molecular flexibility index (Phi) is 6.44. The maximum atomic E-state index is 13.2. The molecule has 4 rings (SSSR count). The van der Waals surface area contributed by atoms with E-state index in [0.717, 1.165) is 6.42 Å². The van der Waals surface area contributed by atoms with Crippen molar-refractivity contribution in [3.8, 4) is 0 Å². The van der Waals surface area contributed by atoms with Crippen molar-refractivity contribution < 1.29 is 19.2 Å². The smallest absolute Gasteiger partial charge is 0.256 e. The Morgan fingerprint density at radius 3 is 2.50 bits per heavy atom. The van der Waals surface area contributed by atoms with Crippen LogP contribution in [0.2, 0.25) is 0 Å². The normalized spacial score (nSPS) is 20.9. The minimum absolute atomic E-state index is 0.0416. The molecule has 2 aliphatic rings. The summed E-state index contributed by atoms with van der Waals surface area (Å²) in [6.45, 7) is 1.12. The second kappa shape index (κ2) is 9.59. The Bertz CT molecular complexity index is 998. The minimum Gasteiger partial charge on any atom is -0.354 e. The lowest BCUT2D eigenvalue weighted by Gasteiger charge is -2.41. The third kappa shape index (κ3) is 4.61. The molecule has 1 aromatic carbocycles. The highest BCUT2D eigenvalue weighted by Crippen LogP contribution is 2.17. The van der Waals surface area contributed by atoms with Gasteiger partial charge in [-0.3, -0.25) is 24.2 Å². The molecule has 3 heterocycles. The van der Waals surface area contributed by atoms with Crippen molar-refractivity contribution in [1.82, 2.24) is 25.4 Å². The molecule has 2 N–H and O–H groups in total. The molecular formula is C23H25N5O4. The summed E-state index contributed by atoms with van der Waals surface area (Å²) in [6, 6.07) is 10.6. The van der Waals surface area contributed by atoms with Crippen LogP contribution in [0.25, 0.3) is 0 Å². The van der Waals surface area contributed by atoms with E-state index in [0.29, 0.717) is 30.6 Å². The van der Waals surface area contributed by atoms with Crippen LogP contribution < -0.4 is 10.6 Å². The molecule has 0 saturated carbocycles. The van der Waals surface area contributed by atoms with Crippen molar-refractivity contribution in [3.05, 3.63) is 66.0 Å². The van der Waals surface area contributed by atoms with Gasteiger partial charge in [-0.15, -0.1) is 0 Å². The second-order valence-electron chi connectivity index (χ2n) is 7.87. The van der Waals surface area contributed by atoms with Gasteiger partial charge in [0.05, 0.1) is 12.1 Å². The van der Waals surface area contributed by atoms with E-state index < -0.39 is 18.0 Å². The minimum atomic E-state index is -0.918. The summed E-state index contributed by atoms with van der Waals surface area (Å²) in [5.41, 5.74) is 0.883. The molecule has 0 radical (unpaired) electrons. The van der Waals surface area contributed by atoms with Crippen molar-refractivity contribution in [2.24, 2.45) is 0 Å². The molecule has 0 bridgehead atoms. The van der Waals surface area contributed by atoms with E-state index in [9.17, 15) is 19.2 Å². The number of amides is 4. The largest absolute Gasteiger partial charge is 0.354 e. The number of carbonyl (C=O) groups excluding carboxylic acids is 4. The quantitative estimate of drug-likeness (QED) is 0.724. The van der Waals surface area contributed by atoms with Crippen molar-refractivity contribution in [2.45, 2.75) is 24.9 Å². The molecule has 9 nitrogen and oxygen atoms in total. The van der Waals surface area contributed by atoms with Crippen LogP contribution in [0.15, 0.2) is 54.9 Å². The van der Waals surface area contributed by atoms with Crippen molar-refractivity contribution in [3.63, 3.8) is 0 Å². The van der Waals surface area contributed by atoms with E-state index in [1.54, 1.807) is 47.5 Å². The number of benzene rings is 1. The van der Waals surface area contributed by atoms with E-state index in [-0.39, 0.29) is 30.8 Å². The highest BCUT2D eigenvalue weighted by molar-refractivity contribution is 6.00. The molecule has 2 saturated heterocycles. The summed E-state index contributed by atoms with van der Waals surface area (Å²) < 4.78 is 0. The number of nitrogens with zero attached hydrogens (tertiary/aromatic N) is 3. The summed E-state index contributed by atoms with van der Waals surface area (Å²) in [7, 11) is 0. The molecule has 0 aliphatic carbocycles. The van der Waals surface area contributed by atoms with Gasteiger partial charge in [-0.1, -0.05) is 18.2 Å². The molecular weight excluding hydrogens is 410 g/mol. The predicted molar refractivity (Wildman–Crippen MR) is 116 cm³/mol. The summed E-state index contributed by atoms with van der Waals surface area (Å²) in [5.74, 6) is -1.22. The van der Waals surface area contributed by atoms with Crippen LogP contribution >= 0.6 is 0 Å². The van der Waals surface area contributed by atoms with Crippen LogP contribution in [0.5, 0.6) is 0 Å². The van der Waals surface area contributed by atoms with E-state index in [1.165, 1.54) is 11.1 Å². The summed E-state index contributed by atoms with van der Waals surface area (Å²) in [6.07, 6.45) is 4.32. The molecule has 2 fully saturated rings. The number of pyridine rings is 1. The van der Waals surface area contributed by atoms with Crippen LogP contribution in [0.4, 0.5) is 0 Å². The molecule has 4 amide bonds. The number of hydrogen-bond donors (Lipinski definition) is 2. The molecule has 2 unspecified atom stereocenters. The Hall–Kier alpha value is -3.75. The summed E-state index contributed by atoms with van der Waals surface area (Å²) in [5, 5.41) is 5.52. The highest BCUT2D eigenvalue weighted by Gasteiger charge is 2.39. The predicted octanol–water partition coefficient (Wildman–Crippen LogP) is 0.443. The van der Waals surface area contributed by atoms with Gasteiger partial charge in [-0.25, -0.2) is 0 Å². The molecule has 2 atom stereocenters. The maximum Gasteiger partial charge on any atom is 0.256 e. The molecule has 2 aliphatic heterocycles. The summed E-state index contributed by atoms with van der Waals surface area (Å²) >= 11 is 0. The summed E-state index contributed by atoms with van der Waals surface area (Å²) in [4.78, 5) is 58.5. The number of carbonyl (C=O) groups is 4. The van der Waals surface area contributed by atoms with Gasteiger partial charge in [0.15, 0.2) is 0 Å². The van der Waals surface area contributed by atoms with Gasteiger partial charge in [0.1, 0.15) is 12.1 Å². The third-order valence-electron chi connectivity index (χ3n) is 5.76. The first-order valence-electron chi connectivity index (χ1n) is 10.7. The number of aromatic nitrogens is 1. The molecule has 1 aromatic heterocycles. The first-order valence-corrected chi connectivity index (χ1v) is 10.7. The average molecular weight is 435 g/mol. The Morgan fingerprint density at radius 1 is 1.00 bits per heavy atom. The van der Waals surface area contributed by atoms with Crippen molar-refractivity contribution in [2.75, 3.05) is 26.2 Å². The van der Waals surface area contributed by atoms with Crippen LogP contribution in [0.3, 0.4) is 0 Å². The topological polar surface area (TPSA) is 112 Å². The zero-order valence-electron chi connectivity index (χ0n) is 17.6. The van der Waals surface area contributed by atoms with Gasteiger partial charge in [0, 0.05) is 37.6 Å². The van der Waals surface area contributed by atoms with E-state index >= 15 is 0 Å². The van der Waals surface area contributed by atoms with E-state index in [1.807, 2.05) is 6.07 Å². The number of nitrogens with one attached hydrogen (secondary N) is 2. The zero-order valence-corrected chi connectivity index (χ0v) is 17.6. The molecule has 0 spiro atoms. The van der Waals surface area contributed by atoms with E-state index in [4.69, 9.17) is 0 Å². The fourth-order valence-corrected chi connectivity index (χ4v) is 4.03. The van der Waals surface area contributed by atoms with Crippen LogP contribution in [-0.2, 0) is 9.59 Å². The lowest BCUT2D eigenvalue weighted by molar-refractivity contribution is -0.133. The monoisotopic (exact) mass is 435 g/mol. The van der Waals surface area contributed by atoms with Gasteiger partial charge in [0.2, 0.25) is 11.8 Å². The fraction of sp³-hybridized carbons (Fsp3) is 0.348. The van der Waals surface area contributed by atoms with Gasteiger partial charge < -0.3 is 20.4 Å². The van der Waals surface area contributed by atoms with Gasteiger partial charge >= 0.3 is 0 Å². The number of rotatable bonds is 4. The Balaban J connectivity index is 1.56. The van der Waals surface area contributed by atoms with Crippen molar-refractivity contribution >= 4 is 23.6 Å². The third-order valence-corrected chi connectivity index (χ3v) is 5.76. The van der Waals surface area contributed by atoms with Gasteiger partial charge in [-0.05, 0) is 37.1 Å². The van der Waals surface area contributed by atoms with Gasteiger partial charge in [-0.2, -0.15) is 0 Å². The number of piperidine rings is 1. The molecule has 32 heavy (non-hydrogen) atoms. The molecule has 2 aromatic rings. The maximum absolute atomic E-state index is 13.2. The lowest BCUT2D eigenvalue weighted by atomic mass is 10.0. The average Bonchev–Trinajstić information content (AvgIpc) is 2.85. The zero-order chi connectivity index (χ0) is 22.5. The first-order chi connectivity index (χ1) is 15.5. The molecule has 9 heteroatoms. The van der Waals surface area contributed by atoms with Gasteiger partial charge in [0.25, 0.3) is 11.8 Å². The SMILES string of the molecule is O=C1NCCCC1NC(=O)C1CN(C(=O)c2ccccc2)CCN1C(=O)c1cccnc1. The van der Waals surface area contributed by atoms with Crippen LogP contribution in [0.1, 0.15) is 33.6 Å². The first kappa shape index (κ1) is 21.5. The Labute approximate surface area is 185 Å². The second-order valence-corrected chi connectivity index (χ2v) is 7.87. The van der Waals surface area contributed by atoms with Crippen LogP contribution in [0, 0.1) is 0 Å². The van der Waals surface area contributed by atoms with E-state index in [2.05, 4.69) is 15.6 Å². The standard InChI is InChI=1S/C23H25N5O4/c29-20-18(9-5-11-25-20)26-21(30)19-15-27(22(31)16-6-2-1-3-7-16)12-13-28(19)23(32)17-8-4-10-24-14-17/h1-4,6-8,10,14,18-19H,5,9,11-13,15H2,(H,25,29)(H,26,30). The molecule has 166 valence electrons. The number of hydrogen-bond acceptors (Lipinski definition) is 5. The van der Waals surface area contributed by atoms with Crippen molar-refractivity contribution in [1.29, 1.82) is 0 Å². The number of piperazine rings is 1. The van der Waals surface area contributed by atoms with Crippen LogP contribution in [-0.4, -0.2) is 76.7 Å². The Morgan fingerprint density at radius 2 is 1.78 bits per heavy atom. The lowest BCUT2D eigenvalue weighted by Crippen LogP contribution is -2.63. The fourth-order valence-electron chi connectivity index (χ4n) is 4.03. The highest BCUT2D eigenvalue weighted by atomic mass is 16.2.